The Balaban J connectivity index is 1.89. The Kier molecular flexibility index (Phi) is 5.49. The molecule has 0 fully saturated rings. The predicted molar refractivity (Wildman–Crippen MR) is 105 cm³/mol. The number of carbonyl (C=O) groups is 1. The number of aryl methyl sites for hydroxylation is 1. The van der Waals surface area contributed by atoms with Crippen LogP contribution in [0.1, 0.15) is 23.1 Å². The van der Waals surface area contributed by atoms with E-state index in [0.29, 0.717) is 28.9 Å². The highest BCUT2D eigenvalue weighted by molar-refractivity contribution is 6.30. The van der Waals surface area contributed by atoms with Gasteiger partial charge in [0.15, 0.2) is 0 Å². The average molecular weight is 367 g/mol. The van der Waals surface area contributed by atoms with Crippen LogP contribution in [0.3, 0.4) is 0 Å². The SMILES string of the molecule is CCN(c1ccccc1)c1nc(C)cc(C(=O)Nc2ccc(Cl)cc2)n1. The molecule has 132 valence electrons. The van der Waals surface area contributed by atoms with Gasteiger partial charge in [0.25, 0.3) is 5.91 Å². The molecule has 0 radical (unpaired) electrons. The highest BCUT2D eigenvalue weighted by Gasteiger charge is 2.15. The molecule has 0 bridgehead atoms. The molecular weight excluding hydrogens is 348 g/mol. The number of hydrogen-bond donors (Lipinski definition) is 1. The zero-order valence-corrected chi connectivity index (χ0v) is 15.4. The van der Waals surface area contributed by atoms with Gasteiger partial charge in [0, 0.05) is 28.6 Å². The van der Waals surface area contributed by atoms with Crippen molar-refractivity contribution in [3.05, 3.63) is 77.1 Å². The summed E-state index contributed by atoms with van der Waals surface area (Å²) in [5, 5.41) is 3.45. The maximum Gasteiger partial charge on any atom is 0.274 e. The molecule has 1 aromatic heterocycles. The number of benzene rings is 2. The van der Waals surface area contributed by atoms with Crippen LogP contribution in [-0.2, 0) is 0 Å². The van der Waals surface area contributed by atoms with E-state index in [1.165, 1.54) is 0 Å². The summed E-state index contributed by atoms with van der Waals surface area (Å²) in [5.74, 6) is 0.211. The highest BCUT2D eigenvalue weighted by atomic mass is 35.5. The second-order valence-electron chi connectivity index (χ2n) is 5.74. The van der Waals surface area contributed by atoms with Gasteiger partial charge >= 0.3 is 0 Å². The standard InChI is InChI=1S/C20H19ClN4O/c1-3-25(17-7-5-4-6-8-17)20-22-14(2)13-18(24-20)19(26)23-16-11-9-15(21)10-12-16/h4-13H,3H2,1-2H3,(H,23,26). The van der Waals surface area contributed by atoms with E-state index in [4.69, 9.17) is 11.6 Å². The molecule has 0 unspecified atom stereocenters. The minimum atomic E-state index is -0.289. The highest BCUT2D eigenvalue weighted by Crippen LogP contribution is 2.22. The van der Waals surface area contributed by atoms with Crippen LogP contribution < -0.4 is 10.2 Å². The van der Waals surface area contributed by atoms with Crippen LogP contribution in [0.25, 0.3) is 0 Å². The number of anilines is 3. The number of carbonyl (C=O) groups excluding carboxylic acids is 1. The lowest BCUT2D eigenvalue weighted by Crippen LogP contribution is -2.22. The van der Waals surface area contributed by atoms with Crippen LogP contribution in [0.15, 0.2) is 60.7 Å². The van der Waals surface area contributed by atoms with E-state index >= 15 is 0 Å². The molecule has 1 amide bonds. The lowest BCUT2D eigenvalue weighted by Gasteiger charge is -2.21. The molecule has 0 saturated carbocycles. The Labute approximate surface area is 157 Å². The van der Waals surface area contributed by atoms with Crippen molar-refractivity contribution < 1.29 is 4.79 Å². The molecule has 1 N–H and O–H groups in total. The molecule has 3 aromatic rings. The molecule has 0 spiro atoms. The van der Waals surface area contributed by atoms with Crippen LogP contribution in [0.5, 0.6) is 0 Å². The molecule has 0 aliphatic carbocycles. The molecule has 5 nitrogen and oxygen atoms in total. The summed E-state index contributed by atoms with van der Waals surface area (Å²) in [5.41, 5.74) is 2.68. The van der Waals surface area contributed by atoms with Gasteiger partial charge in [0.1, 0.15) is 5.69 Å². The Bertz CT molecular complexity index is 897. The summed E-state index contributed by atoms with van der Waals surface area (Å²) in [6.07, 6.45) is 0. The van der Waals surface area contributed by atoms with Crippen LogP contribution in [0.4, 0.5) is 17.3 Å². The Morgan fingerprint density at radius 3 is 2.42 bits per heavy atom. The van der Waals surface area contributed by atoms with Crippen molar-refractivity contribution in [2.24, 2.45) is 0 Å². The van der Waals surface area contributed by atoms with Crippen molar-refractivity contribution in [1.82, 2.24) is 9.97 Å². The first-order chi connectivity index (χ1) is 12.6. The average Bonchev–Trinajstić information content (AvgIpc) is 2.65. The smallest absolute Gasteiger partial charge is 0.274 e. The van der Waals surface area contributed by atoms with E-state index in [9.17, 15) is 4.79 Å². The van der Waals surface area contributed by atoms with Crippen molar-refractivity contribution in [2.45, 2.75) is 13.8 Å². The Morgan fingerprint density at radius 2 is 1.77 bits per heavy atom. The number of nitrogens with zero attached hydrogens (tertiary/aromatic N) is 3. The van der Waals surface area contributed by atoms with Gasteiger partial charge in [0.2, 0.25) is 5.95 Å². The van der Waals surface area contributed by atoms with Crippen LogP contribution in [-0.4, -0.2) is 22.4 Å². The van der Waals surface area contributed by atoms with Crippen molar-refractivity contribution in [1.29, 1.82) is 0 Å². The summed E-state index contributed by atoms with van der Waals surface area (Å²) >= 11 is 5.88. The van der Waals surface area contributed by atoms with Crippen molar-refractivity contribution >= 4 is 34.8 Å². The van der Waals surface area contributed by atoms with E-state index in [0.717, 1.165) is 11.4 Å². The van der Waals surface area contributed by atoms with Gasteiger partial charge in [-0.3, -0.25) is 4.79 Å². The van der Waals surface area contributed by atoms with E-state index in [2.05, 4.69) is 15.3 Å². The summed E-state index contributed by atoms with van der Waals surface area (Å²) in [4.78, 5) is 23.5. The first-order valence-corrected chi connectivity index (χ1v) is 8.70. The second kappa shape index (κ2) is 7.97. The molecule has 3 rings (SSSR count). The van der Waals surface area contributed by atoms with E-state index in [1.54, 1.807) is 30.3 Å². The van der Waals surface area contributed by atoms with Crippen LogP contribution in [0, 0.1) is 6.92 Å². The fourth-order valence-electron chi connectivity index (χ4n) is 2.57. The van der Waals surface area contributed by atoms with Gasteiger partial charge in [-0.2, -0.15) is 0 Å². The zero-order chi connectivity index (χ0) is 18.5. The lowest BCUT2D eigenvalue weighted by molar-refractivity contribution is 0.102. The molecule has 0 atom stereocenters. The monoisotopic (exact) mass is 366 g/mol. The summed E-state index contributed by atoms with van der Waals surface area (Å²) in [6, 6.07) is 18.5. The van der Waals surface area contributed by atoms with Crippen LogP contribution >= 0.6 is 11.6 Å². The predicted octanol–water partition coefficient (Wildman–Crippen LogP) is 4.85. The number of para-hydroxylation sites is 1. The van der Waals surface area contributed by atoms with Crippen molar-refractivity contribution in [2.75, 3.05) is 16.8 Å². The van der Waals surface area contributed by atoms with Gasteiger partial charge in [-0.15, -0.1) is 0 Å². The van der Waals surface area contributed by atoms with Gasteiger partial charge in [-0.1, -0.05) is 29.8 Å². The first-order valence-electron chi connectivity index (χ1n) is 8.32. The fourth-order valence-corrected chi connectivity index (χ4v) is 2.69. The zero-order valence-electron chi connectivity index (χ0n) is 14.6. The number of nitrogens with one attached hydrogen (secondary N) is 1. The molecule has 1 heterocycles. The van der Waals surface area contributed by atoms with Crippen molar-refractivity contribution in [3.8, 4) is 0 Å². The first kappa shape index (κ1) is 17.9. The third-order valence-corrected chi connectivity index (χ3v) is 4.05. The van der Waals surface area contributed by atoms with Gasteiger partial charge in [-0.25, -0.2) is 9.97 Å². The molecule has 0 aliphatic rings. The van der Waals surface area contributed by atoms with Crippen molar-refractivity contribution in [3.63, 3.8) is 0 Å². The minimum Gasteiger partial charge on any atom is -0.321 e. The number of amides is 1. The van der Waals surface area contributed by atoms with Gasteiger partial charge in [-0.05, 0) is 56.3 Å². The molecular formula is C20H19ClN4O. The van der Waals surface area contributed by atoms with E-state index in [1.807, 2.05) is 49.1 Å². The maximum absolute atomic E-state index is 12.6. The molecule has 0 saturated heterocycles. The normalized spacial score (nSPS) is 10.4. The van der Waals surface area contributed by atoms with Gasteiger partial charge < -0.3 is 10.2 Å². The summed E-state index contributed by atoms with van der Waals surface area (Å²) in [7, 11) is 0. The number of rotatable bonds is 5. The largest absolute Gasteiger partial charge is 0.321 e. The lowest BCUT2D eigenvalue weighted by atomic mass is 10.2. The minimum absolute atomic E-state index is 0.289. The Hall–Kier alpha value is -2.92. The molecule has 2 aromatic carbocycles. The maximum atomic E-state index is 12.6. The third kappa shape index (κ3) is 4.18. The molecule has 26 heavy (non-hydrogen) atoms. The second-order valence-corrected chi connectivity index (χ2v) is 6.17. The molecule has 6 heteroatoms. The fraction of sp³-hybridized carbons (Fsp3) is 0.150. The molecule has 0 aliphatic heterocycles. The Morgan fingerprint density at radius 1 is 1.08 bits per heavy atom. The number of hydrogen-bond acceptors (Lipinski definition) is 4. The van der Waals surface area contributed by atoms with Crippen LogP contribution in [0.2, 0.25) is 5.02 Å². The summed E-state index contributed by atoms with van der Waals surface area (Å²) < 4.78 is 0. The van der Waals surface area contributed by atoms with E-state index in [-0.39, 0.29) is 5.91 Å². The summed E-state index contributed by atoms with van der Waals surface area (Å²) in [6.45, 7) is 4.56. The number of aromatic nitrogens is 2. The third-order valence-electron chi connectivity index (χ3n) is 3.80. The number of halogens is 1. The van der Waals surface area contributed by atoms with E-state index < -0.39 is 0 Å². The van der Waals surface area contributed by atoms with Gasteiger partial charge in [0.05, 0.1) is 0 Å². The topological polar surface area (TPSA) is 58.1 Å². The quantitative estimate of drug-likeness (QED) is 0.701.